The average molecular weight is 317 g/mol. The van der Waals surface area contributed by atoms with Gasteiger partial charge >= 0.3 is 0 Å². The zero-order chi connectivity index (χ0) is 13.8. The topological polar surface area (TPSA) is 29.3 Å². The highest BCUT2D eigenvalue weighted by molar-refractivity contribution is 7.80. The molecule has 104 valence electrons. The Kier molecular flexibility index (Phi) is 5.46. The molecule has 2 nitrogen and oxygen atoms in total. The van der Waals surface area contributed by atoms with E-state index >= 15 is 0 Å². The van der Waals surface area contributed by atoms with Gasteiger partial charge in [0.2, 0.25) is 0 Å². The Morgan fingerprint density at radius 3 is 2.63 bits per heavy atom. The lowest BCUT2D eigenvalue weighted by Crippen LogP contribution is -2.38. The zero-order valence-electron chi connectivity index (χ0n) is 10.7. The number of benzene rings is 1. The van der Waals surface area contributed by atoms with E-state index in [1.807, 2.05) is 12.1 Å². The molecule has 0 aromatic heterocycles. The molecule has 1 aromatic rings. The molecule has 0 radical (unpaired) electrons. The number of nitrogens with two attached hydrogens (primary N) is 1. The van der Waals surface area contributed by atoms with Crippen LogP contribution in [0.5, 0.6) is 0 Å². The Morgan fingerprint density at radius 1 is 1.32 bits per heavy atom. The molecule has 19 heavy (non-hydrogen) atoms. The minimum Gasteiger partial charge on any atom is -0.392 e. The lowest BCUT2D eigenvalue weighted by atomic mass is 10.1. The van der Waals surface area contributed by atoms with E-state index in [0.717, 1.165) is 12.1 Å². The number of thiocarbonyl (C=S) groups is 1. The van der Waals surface area contributed by atoms with Crippen molar-refractivity contribution in [3.05, 3.63) is 33.8 Å². The lowest BCUT2D eigenvalue weighted by Gasteiger charge is -2.28. The van der Waals surface area contributed by atoms with Gasteiger partial charge in [0.25, 0.3) is 0 Å². The van der Waals surface area contributed by atoms with Crippen LogP contribution in [-0.4, -0.2) is 22.5 Å². The highest BCUT2D eigenvalue weighted by Gasteiger charge is 2.23. The molecule has 0 unspecified atom stereocenters. The molecule has 1 aliphatic rings. The van der Waals surface area contributed by atoms with Crippen LogP contribution in [-0.2, 0) is 6.54 Å². The van der Waals surface area contributed by atoms with Crippen molar-refractivity contribution in [1.29, 1.82) is 0 Å². The highest BCUT2D eigenvalue weighted by atomic mass is 35.5. The predicted octanol–water partition coefficient (Wildman–Crippen LogP) is 4.02. The molecule has 0 aliphatic heterocycles. The Balaban J connectivity index is 2.14. The quantitative estimate of drug-likeness (QED) is 0.832. The highest BCUT2D eigenvalue weighted by Crippen LogP contribution is 2.29. The van der Waals surface area contributed by atoms with E-state index in [1.54, 1.807) is 6.07 Å². The predicted molar refractivity (Wildman–Crippen MR) is 85.9 cm³/mol. The van der Waals surface area contributed by atoms with Crippen molar-refractivity contribution in [2.45, 2.75) is 38.3 Å². The molecule has 0 bridgehead atoms. The van der Waals surface area contributed by atoms with Crippen LogP contribution in [0.15, 0.2) is 18.2 Å². The first-order valence-corrected chi connectivity index (χ1v) is 7.69. The maximum absolute atomic E-state index is 6.26. The van der Waals surface area contributed by atoms with Crippen LogP contribution in [0.2, 0.25) is 10.0 Å². The van der Waals surface area contributed by atoms with Gasteiger partial charge in [0.15, 0.2) is 0 Å². The summed E-state index contributed by atoms with van der Waals surface area (Å²) in [6, 6.07) is 6.30. The summed E-state index contributed by atoms with van der Waals surface area (Å²) < 4.78 is 0. The SMILES string of the molecule is NC(=S)CN(Cc1cccc(Cl)c1Cl)C1CCCC1. The van der Waals surface area contributed by atoms with E-state index in [-0.39, 0.29) is 0 Å². The van der Waals surface area contributed by atoms with Crippen LogP contribution in [0, 0.1) is 0 Å². The minimum atomic E-state index is 0.532. The van der Waals surface area contributed by atoms with Gasteiger partial charge in [0.05, 0.1) is 15.0 Å². The lowest BCUT2D eigenvalue weighted by molar-refractivity contribution is 0.219. The summed E-state index contributed by atoms with van der Waals surface area (Å²) >= 11 is 17.4. The van der Waals surface area contributed by atoms with Gasteiger partial charge in [-0.05, 0) is 24.5 Å². The Morgan fingerprint density at radius 2 is 2.00 bits per heavy atom. The van der Waals surface area contributed by atoms with Crippen molar-refractivity contribution in [1.82, 2.24) is 4.90 Å². The van der Waals surface area contributed by atoms with Crippen LogP contribution in [0.25, 0.3) is 0 Å². The summed E-state index contributed by atoms with van der Waals surface area (Å²) in [6.07, 6.45) is 4.98. The fraction of sp³-hybridized carbons (Fsp3) is 0.500. The molecule has 0 spiro atoms. The average Bonchev–Trinajstić information content (AvgIpc) is 2.87. The Hall–Kier alpha value is -0.350. The second kappa shape index (κ2) is 6.89. The minimum absolute atomic E-state index is 0.532. The third-order valence-electron chi connectivity index (χ3n) is 3.61. The molecular formula is C14H18Cl2N2S. The van der Waals surface area contributed by atoms with Gasteiger partial charge in [0, 0.05) is 19.1 Å². The van der Waals surface area contributed by atoms with Gasteiger partial charge in [-0.1, -0.05) is 60.4 Å². The van der Waals surface area contributed by atoms with Crippen LogP contribution in [0.4, 0.5) is 0 Å². The van der Waals surface area contributed by atoms with Crippen molar-refractivity contribution in [3.63, 3.8) is 0 Å². The van der Waals surface area contributed by atoms with Gasteiger partial charge < -0.3 is 5.73 Å². The molecule has 0 atom stereocenters. The molecule has 5 heteroatoms. The van der Waals surface area contributed by atoms with Crippen molar-refractivity contribution in [2.75, 3.05) is 6.54 Å². The standard InChI is InChI=1S/C14H18Cl2N2S/c15-12-7-3-4-10(14(12)16)8-18(9-13(17)19)11-5-1-2-6-11/h3-4,7,11H,1-2,5-6,8-9H2,(H2,17,19). The monoisotopic (exact) mass is 316 g/mol. The largest absolute Gasteiger partial charge is 0.392 e. The molecule has 1 fully saturated rings. The van der Waals surface area contributed by atoms with Crippen LogP contribution in [0.3, 0.4) is 0 Å². The first-order chi connectivity index (χ1) is 9.08. The van der Waals surface area contributed by atoms with E-state index in [4.69, 9.17) is 41.2 Å². The first kappa shape index (κ1) is 15.0. The summed E-state index contributed by atoms with van der Waals surface area (Å²) in [5.74, 6) is 0. The Labute approximate surface area is 129 Å². The van der Waals surface area contributed by atoms with Gasteiger partial charge in [-0.3, -0.25) is 4.90 Å². The molecule has 0 heterocycles. The van der Waals surface area contributed by atoms with Crippen molar-refractivity contribution in [3.8, 4) is 0 Å². The zero-order valence-corrected chi connectivity index (χ0v) is 13.1. The van der Waals surface area contributed by atoms with E-state index in [2.05, 4.69) is 4.90 Å². The van der Waals surface area contributed by atoms with Gasteiger partial charge in [-0.25, -0.2) is 0 Å². The second-order valence-electron chi connectivity index (χ2n) is 5.02. The first-order valence-electron chi connectivity index (χ1n) is 6.53. The number of hydrogen-bond donors (Lipinski definition) is 1. The summed E-state index contributed by atoms with van der Waals surface area (Å²) in [5, 5.41) is 1.23. The van der Waals surface area contributed by atoms with Gasteiger partial charge in [0.1, 0.15) is 0 Å². The fourth-order valence-electron chi connectivity index (χ4n) is 2.67. The van der Waals surface area contributed by atoms with E-state index in [0.29, 0.717) is 27.6 Å². The molecule has 1 aliphatic carbocycles. The Bertz CT molecular complexity index is 459. The third kappa shape index (κ3) is 4.06. The maximum atomic E-state index is 6.26. The van der Waals surface area contributed by atoms with Gasteiger partial charge in [-0.15, -0.1) is 0 Å². The number of hydrogen-bond acceptors (Lipinski definition) is 2. The van der Waals surface area contributed by atoms with Crippen LogP contribution >= 0.6 is 35.4 Å². The van der Waals surface area contributed by atoms with E-state index in [1.165, 1.54) is 25.7 Å². The molecule has 2 N–H and O–H groups in total. The summed E-state index contributed by atoms with van der Waals surface area (Å²) in [6.45, 7) is 1.39. The molecule has 0 saturated heterocycles. The molecule has 0 amide bonds. The van der Waals surface area contributed by atoms with Crippen molar-refractivity contribution >= 4 is 40.4 Å². The van der Waals surface area contributed by atoms with E-state index in [9.17, 15) is 0 Å². The molecule has 1 saturated carbocycles. The number of rotatable bonds is 5. The summed E-state index contributed by atoms with van der Waals surface area (Å²) in [4.78, 5) is 2.86. The molecule has 2 rings (SSSR count). The maximum Gasteiger partial charge on any atom is 0.0870 e. The molecule has 1 aromatic carbocycles. The van der Waals surface area contributed by atoms with Crippen LogP contribution in [0.1, 0.15) is 31.2 Å². The van der Waals surface area contributed by atoms with Gasteiger partial charge in [-0.2, -0.15) is 0 Å². The second-order valence-corrected chi connectivity index (χ2v) is 6.33. The van der Waals surface area contributed by atoms with E-state index < -0.39 is 0 Å². The van der Waals surface area contributed by atoms with Crippen molar-refractivity contribution in [2.24, 2.45) is 5.73 Å². The summed E-state index contributed by atoms with van der Waals surface area (Å²) in [5.41, 5.74) is 6.75. The summed E-state index contributed by atoms with van der Waals surface area (Å²) in [7, 11) is 0. The smallest absolute Gasteiger partial charge is 0.0870 e. The third-order valence-corrected chi connectivity index (χ3v) is 4.59. The number of nitrogens with zero attached hydrogens (tertiary/aromatic N) is 1. The van der Waals surface area contributed by atoms with Crippen molar-refractivity contribution < 1.29 is 0 Å². The molecular weight excluding hydrogens is 299 g/mol. The van der Waals surface area contributed by atoms with Crippen LogP contribution < -0.4 is 5.73 Å². The normalized spacial score (nSPS) is 16.2. The number of halogens is 2. The fourth-order valence-corrected chi connectivity index (χ4v) is 3.22.